The number of carbonyl (C=O) groups is 2. The second kappa shape index (κ2) is 12.5. The molecule has 1 N–H and O–H groups in total. The SMILES string of the molecule is O=C(CCn1c(=O)c2ccccc2n(CC(=O)N2CCN(c3ccccc3)CC2)c1=O)NCCc1ccccc1. The summed E-state index contributed by atoms with van der Waals surface area (Å²) in [5.74, 6) is -0.418. The van der Waals surface area contributed by atoms with Crippen molar-refractivity contribution in [2.75, 3.05) is 37.6 Å². The second-order valence-electron chi connectivity index (χ2n) is 9.88. The lowest BCUT2D eigenvalue weighted by molar-refractivity contribution is -0.132. The molecule has 40 heavy (non-hydrogen) atoms. The molecule has 206 valence electrons. The molecule has 0 atom stereocenters. The van der Waals surface area contributed by atoms with E-state index in [9.17, 15) is 19.2 Å². The number of benzene rings is 3. The van der Waals surface area contributed by atoms with Crippen molar-refractivity contribution in [3.63, 3.8) is 0 Å². The molecule has 0 saturated carbocycles. The maximum atomic E-state index is 13.5. The van der Waals surface area contributed by atoms with Crippen LogP contribution in [-0.2, 0) is 29.1 Å². The number of anilines is 1. The minimum absolute atomic E-state index is 0.0162. The Hall–Kier alpha value is -4.66. The van der Waals surface area contributed by atoms with Gasteiger partial charge in [-0.1, -0.05) is 60.7 Å². The van der Waals surface area contributed by atoms with Gasteiger partial charge in [0.15, 0.2) is 0 Å². The summed E-state index contributed by atoms with van der Waals surface area (Å²) >= 11 is 0. The topological polar surface area (TPSA) is 96.7 Å². The standard InChI is InChI=1S/C31H33N5O4/c37-28(32-17-15-24-9-3-1-4-10-24)16-18-35-30(39)26-13-7-8-14-27(26)36(31(35)40)23-29(38)34-21-19-33(20-22-34)25-11-5-2-6-12-25/h1-14H,15-23H2,(H,32,37). The molecule has 0 unspecified atom stereocenters. The minimum atomic E-state index is -0.586. The molecule has 5 rings (SSSR count). The summed E-state index contributed by atoms with van der Waals surface area (Å²) in [5.41, 5.74) is 1.60. The molecule has 2 amide bonds. The first-order valence-corrected chi connectivity index (χ1v) is 13.6. The lowest BCUT2D eigenvalue weighted by Gasteiger charge is -2.36. The van der Waals surface area contributed by atoms with E-state index in [-0.39, 0.29) is 31.3 Å². The fourth-order valence-corrected chi connectivity index (χ4v) is 5.10. The van der Waals surface area contributed by atoms with Gasteiger partial charge in [0, 0.05) is 51.4 Å². The van der Waals surface area contributed by atoms with E-state index in [4.69, 9.17) is 0 Å². The van der Waals surface area contributed by atoms with Gasteiger partial charge < -0.3 is 15.1 Å². The maximum absolute atomic E-state index is 13.5. The van der Waals surface area contributed by atoms with Gasteiger partial charge in [0.1, 0.15) is 6.54 Å². The molecule has 1 aliphatic rings. The molecule has 4 aromatic rings. The van der Waals surface area contributed by atoms with Gasteiger partial charge in [0.2, 0.25) is 11.8 Å². The zero-order valence-corrected chi connectivity index (χ0v) is 22.4. The first-order chi connectivity index (χ1) is 19.5. The van der Waals surface area contributed by atoms with Gasteiger partial charge in [0.25, 0.3) is 5.56 Å². The van der Waals surface area contributed by atoms with Crippen molar-refractivity contribution in [3.05, 3.63) is 111 Å². The van der Waals surface area contributed by atoms with Crippen molar-refractivity contribution in [2.45, 2.75) is 25.9 Å². The molecule has 0 radical (unpaired) electrons. The molecule has 9 heteroatoms. The summed E-state index contributed by atoms with van der Waals surface area (Å²) in [4.78, 5) is 56.5. The second-order valence-corrected chi connectivity index (χ2v) is 9.88. The molecule has 1 fully saturated rings. The lowest BCUT2D eigenvalue weighted by Crippen LogP contribution is -2.51. The number of hydrogen-bond donors (Lipinski definition) is 1. The van der Waals surface area contributed by atoms with E-state index < -0.39 is 11.2 Å². The first kappa shape index (κ1) is 26.9. The summed E-state index contributed by atoms with van der Waals surface area (Å²) in [5, 5.41) is 3.20. The molecule has 2 heterocycles. The Balaban J connectivity index is 1.27. The van der Waals surface area contributed by atoms with E-state index in [2.05, 4.69) is 22.3 Å². The van der Waals surface area contributed by atoms with Crippen LogP contribution in [0.2, 0.25) is 0 Å². The first-order valence-electron chi connectivity index (χ1n) is 13.6. The van der Waals surface area contributed by atoms with Crippen molar-refractivity contribution in [1.82, 2.24) is 19.4 Å². The van der Waals surface area contributed by atoms with Crippen molar-refractivity contribution < 1.29 is 9.59 Å². The van der Waals surface area contributed by atoms with Gasteiger partial charge in [-0.05, 0) is 36.2 Å². The number of rotatable bonds is 9. The molecular weight excluding hydrogens is 506 g/mol. The van der Waals surface area contributed by atoms with Crippen LogP contribution in [0.4, 0.5) is 5.69 Å². The van der Waals surface area contributed by atoms with Gasteiger partial charge in [-0.3, -0.25) is 23.5 Å². The van der Waals surface area contributed by atoms with E-state index in [1.807, 2.05) is 48.5 Å². The van der Waals surface area contributed by atoms with Crippen LogP contribution in [0.5, 0.6) is 0 Å². The average molecular weight is 540 g/mol. The summed E-state index contributed by atoms with van der Waals surface area (Å²) < 4.78 is 2.43. The maximum Gasteiger partial charge on any atom is 0.331 e. The summed E-state index contributed by atoms with van der Waals surface area (Å²) in [6.45, 7) is 2.71. The van der Waals surface area contributed by atoms with Crippen LogP contribution in [0, 0.1) is 0 Å². The van der Waals surface area contributed by atoms with Crippen molar-refractivity contribution >= 4 is 28.4 Å². The molecule has 1 saturated heterocycles. The Labute approximate surface area is 232 Å². The molecule has 9 nitrogen and oxygen atoms in total. The van der Waals surface area contributed by atoms with Gasteiger partial charge in [-0.25, -0.2) is 4.79 Å². The quantitative estimate of drug-likeness (QED) is 0.352. The highest BCUT2D eigenvalue weighted by Crippen LogP contribution is 2.16. The number of nitrogens with one attached hydrogen (secondary N) is 1. The van der Waals surface area contributed by atoms with E-state index in [0.717, 1.165) is 15.8 Å². The van der Waals surface area contributed by atoms with E-state index in [1.54, 1.807) is 29.2 Å². The summed E-state index contributed by atoms with van der Waals surface area (Å²) in [6, 6.07) is 26.7. The smallest absolute Gasteiger partial charge is 0.331 e. The summed E-state index contributed by atoms with van der Waals surface area (Å²) in [6.07, 6.45) is 0.675. The van der Waals surface area contributed by atoms with Crippen LogP contribution in [-0.4, -0.2) is 58.6 Å². The Morgan fingerprint density at radius 2 is 1.40 bits per heavy atom. The molecule has 0 spiro atoms. The highest BCUT2D eigenvalue weighted by Gasteiger charge is 2.23. The van der Waals surface area contributed by atoms with Crippen molar-refractivity contribution in [1.29, 1.82) is 0 Å². The zero-order valence-electron chi connectivity index (χ0n) is 22.4. The summed E-state index contributed by atoms with van der Waals surface area (Å²) in [7, 11) is 0. The number of para-hydroxylation sites is 2. The monoisotopic (exact) mass is 539 g/mol. The number of amides is 2. The predicted molar refractivity (Wildman–Crippen MR) is 155 cm³/mol. The predicted octanol–water partition coefficient (Wildman–Crippen LogP) is 2.26. The Morgan fingerprint density at radius 3 is 2.12 bits per heavy atom. The third kappa shape index (κ3) is 6.14. The van der Waals surface area contributed by atoms with E-state index in [0.29, 0.717) is 50.0 Å². The van der Waals surface area contributed by atoms with Gasteiger partial charge in [-0.2, -0.15) is 0 Å². The molecule has 1 aliphatic heterocycles. The molecular formula is C31H33N5O4. The highest BCUT2D eigenvalue weighted by atomic mass is 16.2. The number of piperazine rings is 1. The fourth-order valence-electron chi connectivity index (χ4n) is 5.10. The normalized spacial score (nSPS) is 13.4. The third-order valence-corrected chi connectivity index (χ3v) is 7.32. The number of nitrogens with zero attached hydrogens (tertiary/aromatic N) is 4. The number of carbonyl (C=O) groups excluding carboxylic acids is 2. The Kier molecular flexibility index (Phi) is 8.39. The van der Waals surface area contributed by atoms with E-state index in [1.165, 1.54) is 4.57 Å². The van der Waals surface area contributed by atoms with E-state index >= 15 is 0 Å². The van der Waals surface area contributed by atoms with Gasteiger partial charge in [0.05, 0.1) is 10.9 Å². The lowest BCUT2D eigenvalue weighted by atomic mass is 10.1. The molecule has 3 aromatic carbocycles. The zero-order chi connectivity index (χ0) is 27.9. The van der Waals surface area contributed by atoms with Crippen LogP contribution in [0.1, 0.15) is 12.0 Å². The molecule has 0 bridgehead atoms. The highest BCUT2D eigenvalue weighted by molar-refractivity contribution is 5.82. The van der Waals surface area contributed by atoms with Crippen LogP contribution in [0.3, 0.4) is 0 Å². The van der Waals surface area contributed by atoms with Crippen molar-refractivity contribution in [3.8, 4) is 0 Å². The average Bonchev–Trinajstić information content (AvgIpc) is 3.00. The number of hydrogen-bond acceptors (Lipinski definition) is 5. The Morgan fingerprint density at radius 1 is 0.750 bits per heavy atom. The Bertz CT molecular complexity index is 1590. The third-order valence-electron chi connectivity index (χ3n) is 7.32. The molecule has 0 aliphatic carbocycles. The van der Waals surface area contributed by atoms with Crippen LogP contribution in [0.15, 0.2) is 94.5 Å². The largest absolute Gasteiger partial charge is 0.368 e. The number of fused-ring (bicyclic) bond motifs is 1. The molecule has 1 aromatic heterocycles. The van der Waals surface area contributed by atoms with Gasteiger partial charge in [-0.15, -0.1) is 0 Å². The van der Waals surface area contributed by atoms with Crippen LogP contribution < -0.4 is 21.5 Å². The fraction of sp³-hybridized carbons (Fsp3) is 0.290. The van der Waals surface area contributed by atoms with Crippen LogP contribution in [0.25, 0.3) is 10.9 Å². The minimum Gasteiger partial charge on any atom is -0.368 e. The number of aromatic nitrogens is 2. The van der Waals surface area contributed by atoms with Crippen LogP contribution >= 0.6 is 0 Å². The van der Waals surface area contributed by atoms with Crippen molar-refractivity contribution in [2.24, 2.45) is 0 Å². The van der Waals surface area contributed by atoms with Gasteiger partial charge >= 0.3 is 5.69 Å².